The van der Waals surface area contributed by atoms with Gasteiger partial charge in [-0.1, -0.05) is 6.42 Å². The molecule has 0 amide bonds. The maximum absolute atomic E-state index is 12.8. The van der Waals surface area contributed by atoms with Crippen LogP contribution in [0, 0.1) is 5.41 Å². The molecule has 5 nitrogen and oxygen atoms in total. The number of hydrogen-bond donors (Lipinski definition) is 1. The van der Waals surface area contributed by atoms with Crippen LogP contribution in [0.1, 0.15) is 32.1 Å². The molecule has 0 radical (unpaired) electrons. The van der Waals surface area contributed by atoms with Crippen molar-refractivity contribution in [3.63, 3.8) is 0 Å². The van der Waals surface area contributed by atoms with Gasteiger partial charge in [0, 0.05) is 0 Å². The molecule has 0 saturated heterocycles. The molecule has 1 spiro atoms. The Labute approximate surface area is 123 Å². The van der Waals surface area contributed by atoms with Gasteiger partial charge >= 0.3 is 5.97 Å². The van der Waals surface area contributed by atoms with Gasteiger partial charge in [0.2, 0.25) is 0 Å². The van der Waals surface area contributed by atoms with Gasteiger partial charge in [0.25, 0.3) is 0 Å². The summed E-state index contributed by atoms with van der Waals surface area (Å²) in [5.41, 5.74) is -0.0437. The first kappa shape index (κ1) is 14.4. The van der Waals surface area contributed by atoms with Crippen molar-refractivity contribution in [3.8, 4) is 5.75 Å². The lowest BCUT2D eigenvalue weighted by molar-refractivity contribution is -0.150. The Morgan fingerprint density at radius 1 is 1.19 bits per heavy atom. The van der Waals surface area contributed by atoms with E-state index < -0.39 is 20.6 Å². The van der Waals surface area contributed by atoms with Crippen molar-refractivity contribution in [3.05, 3.63) is 24.3 Å². The largest absolute Gasteiger partial charge is 0.497 e. The monoisotopic (exact) mass is 310 g/mol. The smallest absolute Gasteiger partial charge is 0.325 e. The Hall–Kier alpha value is -1.56. The molecule has 0 atom stereocenters. The van der Waals surface area contributed by atoms with E-state index in [0.717, 1.165) is 19.3 Å². The predicted molar refractivity (Wildman–Crippen MR) is 76.1 cm³/mol. The maximum Gasteiger partial charge on any atom is 0.325 e. The van der Waals surface area contributed by atoms with Gasteiger partial charge in [0.1, 0.15) is 5.75 Å². The fourth-order valence-electron chi connectivity index (χ4n) is 3.63. The second-order valence-corrected chi connectivity index (χ2v) is 8.45. The molecule has 6 heteroatoms. The first-order valence-electron chi connectivity index (χ1n) is 6.97. The number of methoxy groups -OCH3 is 1. The lowest BCUT2D eigenvalue weighted by Gasteiger charge is -2.58. The number of hydrogen-bond acceptors (Lipinski definition) is 4. The molecule has 1 aromatic carbocycles. The lowest BCUT2D eigenvalue weighted by atomic mass is 9.51. The molecule has 2 aliphatic rings. The Morgan fingerprint density at radius 3 is 2.14 bits per heavy atom. The van der Waals surface area contributed by atoms with E-state index in [2.05, 4.69) is 0 Å². The molecular formula is C15H18O5S. The molecular weight excluding hydrogens is 292 g/mol. The fourth-order valence-corrected chi connectivity index (χ4v) is 5.79. The summed E-state index contributed by atoms with van der Waals surface area (Å²) in [6.07, 6.45) is 3.44. The second-order valence-electron chi connectivity index (χ2n) is 6.19. The highest BCUT2D eigenvalue weighted by Crippen LogP contribution is 2.63. The van der Waals surface area contributed by atoms with Gasteiger partial charge in [-0.15, -0.1) is 0 Å². The van der Waals surface area contributed by atoms with Crippen LogP contribution in [0.15, 0.2) is 29.2 Å². The van der Waals surface area contributed by atoms with Crippen molar-refractivity contribution in [1.82, 2.24) is 0 Å². The average Bonchev–Trinajstić information content (AvgIpc) is 2.35. The molecule has 2 aliphatic carbocycles. The first-order valence-corrected chi connectivity index (χ1v) is 8.46. The van der Waals surface area contributed by atoms with Crippen LogP contribution in [0.2, 0.25) is 0 Å². The minimum atomic E-state index is -3.89. The van der Waals surface area contributed by atoms with E-state index in [1.54, 1.807) is 12.1 Å². The van der Waals surface area contributed by atoms with Crippen LogP contribution in [-0.2, 0) is 14.6 Å². The molecule has 2 fully saturated rings. The highest BCUT2D eigenvalue weighted by atomic mass is 32.2. The molecule has 0 bridgehead atoms. The van der Waals surface area contributed by atoms with E-state index in [9.17, 15) is 18.3 Å². The maximum atomic E-state index is 12.8. The quantitative estimate of drug-likeness (QED) is 0.922. The van der Waals surface area contributed by atoms with E-state index in [1.807, 2.05) is 0 Å². The second kappa shape index (κ2) is 4.47. The van der Waals surface area contributed by atoms with Gasteiger partial charge < -0.3 is 9.84 Å². The highest BCUT2D eigenvalue weighted by Gasteiger charge is 2.67. The normalized spacial score (nSPS) is 22.1. The van der Waals surface area contributed by atoms with Crippen molar-refractivity contribution in [2.75, 3.05) is 7.11 Å². The predicted octanol–water partition coefficient (Wildman–Crippen LogP) is 2.26. The topological polar surface area (TPSA) is 80.7 Å². The third-order valence-corrected chi connectivity index (χ3v) is 7.39. The molecule has 1 N–H and O–H groups in total. The third-order valence-electron chi connectivity index (χ3n) is 5.01. The van der Waals surface area contributed by atoms with Crippen molar-refractivity contribution in [2.45, 2.75) is 41.7 Å². The zero-order valence-corrected chi connectivity index (χ0v) is 12.6. The van der Waals surface area contributed by atoms with Crippen molar-refractivity contribution in [1.29, 1.82) is 0 Å². The molecule has 3 rings (SSSR count). The number of sulfone groups is 1. The molecule has 0 heterocycles. The molecule has 0 unspecified atom stereocenters. The first-order chi connectivity index (χ1) is 9.85. The number of carboxylic acids is 1. The van der Waals surface area contributed by atoms with E-state index in [1.165, 1.54) is 19.2 Å². The number of carboxylic acid groups (broad SMARTS) is 1. The molecule has 2 saturated carbocycles. The van der Waals surface area contributed by atoms with E-state index in [0.29, 0.717) is 5.75 Å². The van der Waals surface area contributed by atoms with Crippen LogP contribution >= 0.6 is 0 Å². The summed E-state index contributed by atoms with van der Waals surface area (Å²) in [4.78, 5) is 11.7. The summed E-state index contributed by atoms with van der Waals surface area (Å²) in [7, 11) is -2.40. The van der Waals surface area contributed by atoms with Crippen LogP contribution in [0.4, 0.5) is 0 Å². The van der Waals surface area contributed by atoms with E-state index in [-0.39, 0.29) is 23.2 Å². The Kier molecular flexibility index (Phi) is 3.06. The van der Waals surface area contributed by atoms with Gasteiger partial charge in [0.15, 0.2) is 14.6 Å². The Morgan fingerprint density at radius 2 is 1.76 bits per heavy atom. The van der Waals surface area contributed by atoms with Crippen LogP contribution in [0.25, 0.3) is 0 Å². The summed E-state index contributed by atoms with van der Waals surface area (Å²) in [5.74, 6) is -0.682. The number of rotatable bonds is 4. The summed E-state index contributed by atoms with van der Waals surface area (Å²) < 4.78 is 28.9. The average molecular weight is 310 g/mol. The molecule has 0 aliphatic heterocycles. The van der Waals surface area contributed by atoms with Crippen molar-refractivity contribution in [2.24, 2.45) is 5.41 Å². The fraction of sp³-hybridized carbons (Fsp3) is 0.533. The lowest BCUT2D eigenvalue weighted by Crippen LogP contribution is -2.63. The van der Waals surface area contributed by atoms with E-state index >= 15 is 0 Å². The van der Waals surface area contributed by atoms with Gasteiger partial charge in [-0.25, -0.2) is 8.42 Å². The van der Waals surface area contributed by atoms with Crippen molar-refractivity contribution >= 4 is 15.8 Å². The number of ether oxygens (including phenoxy) is 1. The Balaban J connectivity index is 1.96. The molecule has 1 aromatic rings. The van der Waals surface area contributed by atoms with Gasteiger partial charge in [-0.3, -0.25) is 4.79 Å². The minimum Gasteiger partial charge on any atom is -0.497 e. The molecule has 114 valence electrons. The minimum absolute atomic E-state index is 0.0437. The van der Waals surface area contributed by atoms with Crippen LogP contribution in [-0.4, -0.2) is 31.4 Å². The number of benzene rings is 1. The Bertz CT molecular complexity index is 663. The highest BCUT2D eigenvalue weighted by molar-refractivity contribution is 7.93. The number of aliphatic carboxylic acids is 1. The summed E-state index contributed by atoms with van der Waals surface area (Å²) in [6, 6.07) is 5.93. The van der Waals surface area contributed by atoms with Crippen LogP contribution < -0.4 is 4.74 Å². The zero-order chi connectivity index (χ0) is 15.3. The van der Waals surface area contributed by atoms with Gasteiger partial charge in [-0.05, 0) is 55.4 Å². The number of carbonyl (C=O) groups is 1. The van der Waals surface area contributed by atoms with Crippen LogP contribution in [0.3, 0.4) is 0 Å². The molecule has 0 aromatic heterocycles. The third kappa shape index (κ3) is 1.88. The molecule has 21 heavy (non-hydrogen) atoms. The standard InChI is InChI=1S/C15H18O5S/c1-20-11-3-5-12(6-4-11)21(18,19)15(13(16)17)9-14(10-15)7-2-8-14/h3-6H,2,7-10H2,1H3,(H,16,17). The van der Waals surface area contributed by atoms with E-state index in [4.69, 9.17) is 4.74 Å². The summed E-state index contributed by atoms with van der Waals surface area (Å²) in [6.45, 7) is 0. The van der Waals surface area contributed by atoms with Gasteiger partial charge in [0.05, 0.1) is 12.0 Å². The summed E-state index contributed by atoms with van der Waals surface area (Å²) >= 11 is 0. The van der Waals surface area contributed by atoms with Crippen LogP contribution in [0.5, 0.6) is 5.75 Å². The summed E-state index contributed by atoms with van der Waals surface area (Å²) in [5, 5.41) is 9.53. The van der Waals surface area contributed by atoms with Gasteiger partial charge in [-0.2, -0.15) is 0 Å². The zero-order valence-electron chi connectivity index (χ0n) is 11.8. The van der Waals surface area contributed by atoms with Crippen molar-refractivity contribution < 1.29 is 23.1 Å². The SMILES string of the molecule is COc1ccc(S(=O)(=O)C2(C(=O)O)CC3(CCC3)C2)cc1.